The largest absolute Gasteiger partial charge is 0.380 e. The van der Waals surface area contributed by atoms with Crippen LogP contribution < -0.4 is 10.9 Å². The van der Waals surface area contributed by atoms with E-state index in [9.17, 15) is 9.18 Å². The molecule has 0 amide bonds. The zero-order valence-corrected chi connectivity index (χ0v) is 14.6. The van der Waals surface area contributed by atoms with Crippen molar-refractivity contribution in [3.63, 3.8) is 0 Å². The van der Waals surface area contributed by atoms with Crippen molar-refractivity contribution in [1.82, 2.24) is 10.2 Å². The molecule has 0 unspecified atom stereocenters. The molecule has 0 radical (unpaired) electrons. The van der Waals surface area contributed by atoms with Crippen LogP contribution in [0.4, 0.5) is 10.1 Å². The number of H-pyrrole nitrogens is 1. The van der Waals surface area contributed by atoms with Crippen molar-refractivity contribution in [1.29, 1.82) is 0 Å². The average Bonchev–Trinajstić information content (AvgIpc) is 2.57. The molecule has 1 aliphatic heterocycles. The quantitative estimate of drug-likeness (QED) is 0.719. The fraction of sp³-hybridized carbons (Fsp3) is 0.263. The maximum atomic E-state index is 14.0. The second kappa shape index (κ2) is 5.85. The van der Waals surface area contributed by atoms with Gasteiger partial charge in [-0.1, -0.05) is 43.6 Å². The Hall–Kier alpha value is -2.40. The number of hydrogen-bond acceptors (Lipinski definition) is 3. The van der Waals surface area contributed by atoms with Gasteiger partial charge in [0.2, 0.25) is 0 Å². The van der Waals surface area contributed by atoms with E-state index in [4.69, 9.17) is 11.6 Å². The van der Waals surface area contributed by atoms with Crippen LogP contribution in [0.1, 0.15) is 31.0 Å². The summed E-state index contributed by atoms with van der Waals surface area (Å²) in [6.45, 7) is 4.18. The van der Waals surface area contributed by atoms with Gasteiger partial charge >= 0.3 is 0 Å². The lowest BCUT2D eigenvalue weighted by Gasteiger charge is -2.37. The third-order valence-corrected chi connectivity index (χ3v) is 5.16. The van der Waals surface area contributed by atoms with Crippen LogP contribution in [0.2, 0.25) is 5.02 Å². The predicted octanol–water partition coefficient (Wildman–Crippen LogP) is 4.30. The summed E-state index contributed by atoms with van der Waals surface area (Å²) in [5.41, 5.74) is 1.86. The lowest BCUT2D eigenvalue weighted by atomic mass is 9.78. The molecule has 2 N–H and O–H groups in total. The van der Waals surface area contributed by atoms with Gasteiger partial charge in [0.1, 0.15) is 5.82 Å². The number of halogens is 2. The van der Waals surface area contributed by atoms with Crippen LogP contribution in [0.3, 0.4) is 0 Å². The summed E-state index contributed by atoms with van der Waals surface area (Å²) < 4.78 is 14.0. The smallest absolute Gasteiger partial charge is 0.272 e. The standard InChI is InChI=1S/C19H17ClFN3O/c1-9(2)17-16(11-5-3-4-6-13(11)20)18-15-12(19(25)24-23-18)7-10(21)8-14(15)22-17/h3-9,16-17,22H,1-2H3,(H,24,25)/t16-,17-/m0/s1. The van der Waals surface area contributed by atoms with E-state index in [0.717, 1.165) is 11.3 Å². The van der Waals surface area contributed by atoms with E-state index in [-0.39, 0.29) is 17.9 Å². The van der Waals surface area contributed by atoms with Crippen LogP contribution >= 0.6 is 11.6 Å². The number of aromatic amines is 1. The maximum absolute atomic E-state index is 14.0. The van der Waals surface area contributed by atoms with Gasteiger partial charge in [-0.05, 0) is 29.7 Å². The Bertz CT molecular complexity index is 1030. The minimum Gasteiger partial charge on any atom is -0.380 e. The molecule has 0 fully saturated rings. The van der Waals surface area contributed by atoms with Crippen molar-refractivity contribution in [2.75, 3.05) is 5.32 Å². The Kier molecular flexibility index (Phi) is 3.76. The first-order valence-corrected chi connectivity index (χ1v) is 8.58. The van der Waals surface area contributed by atoms with Crippen LogP contribution in [0.15, 0.2) is 41.2 Å². The molecule has 6 heteroatoms. The first kappa shape index (κ1) is 16.1. The normalized spacial score (nSPS) is 19.2. The van der Waals surface area contributed by atoms with Gasteiger partial charge in [-0.25, -0.2) is 9.49 Å². The summed E-state index contributed by atoms with van der Waals surface area (Å²) in [5.74, 6) is -0.358. The number of rotatable bonds is 2. The van der Waals surface area contributed by atoms with Crippen molar-refractivity contribution in [2.24, 2.45) is 5.92 Å². The van der Waals surface area contributed by atoms with Crippen LogP contribution in [0.25, 0.3) is 10.8 Å². The molecule has 3 aromatic rings. The summed E-state index contributed by atoms with van der Waals surface area (Å²) in [5, 5.41) is 11.9. The van der Waals surface area contributed by atoms with Gasteiger partial charge in [-0.3, -0.25) is 4.79 Å². The lowest BCUT2D eigenvalue weighted by Crippen LogP contribution is -2.38. The highest BCUT2D eigenvalue weighted by Gasteiger charge is 2.36. The third-order valence-electron chi connectivity index (χ3n) is 4.82. The van der Waals surface area contributed by atoms with Crippen LogP contribution in [0.5, 0.6) is 0 Å². The highest BCUT2D eigenvalue weighted by molar-refractivity contribution is 6.31. The number of hydrogen-bond donors (Lipinski definition) is 2. The van der Waals surface area contributed by atoms with Crippen molar-refractivity contribution in [3.05, 3.63) is 68.8 Å². The van der Waals surface area contributed by atoms with Crippen molar-refractivity contribution < 1.29 is 4.39 Å². The zero-order valence-electron chi connectivity index (χ0n) is 13.8. The highest BCUT2D eigenvalue weighted by Crippen LogP contribution is 2.43. The molecule has 128 valence electrons. The molecule has 0 spiro atoms. The molecule has 4 rings (SSSR count). The van der Waals surface area contributed by atoms with E-state index < -0.39 is 11.4 Å². The predicted molar refractivity (Wildman–Crippen MR) is 97.9 cm³/mol. The second-order valence-corrected chi connectivity index (χ2v) is 7.13. The molecule has 2 aromatic carbocycles. The molecule has 0 saturated heterocycles. The Morgan fingerprint density at radius 1 is 1.24 bits per heavy atom. The number of anilines is 1. The minimum absolute atomic E-state index is 0.0317. The van der Waals surface area contributed by atoms with E-state index in [1.807, 2.05) is 24.3 Å². The average molecular weight is 358 g/mol. The Morgan fingerprint density at radius 2 is 2.00 bits per heavy atom. The number of nitrogens with zero attached hydrogens (tertiary/aromatic N) is 1. The van der Waals surface area contributed by atoms with Gasteiger partial charge in [0, 0.05) is 22.1 Å². The van der Waals surface area contributed by atoms with E-state index in [2.05, 4.69) is 29.4 Å². The third kappa shape index (κ3) is 2.50. The molecule has 1 aromatic heterocycles. The van der Waals surface area contributed by atoms with E-state index in [1.165, 1.54) is 12.1 Å². The number of nitrogens with one attached hydrogen (secondary N) is 2. The monoisotopic (exact) mass is 357 g/mol. The van der Waals surface area contributed by atoms with Gasteiger partial charge in [0.05, 0.1) is 17.0 Å². The summed E-state index contributed by atoms with van der Waals surface area (Å²) in [4.78, 5) is 12.2. The van der Waals surface area contributed by atoms with Crippen molar-refractivity contribution in [2.45, 2.75) is 25.8 Å². The van der Waals surface area contributed by atoms with Crippen molar-refractivity contribution >= 4 is 28.1 Å². The molecular weight excluding hydrogens is 341 g/mol. The fourth-order valence-corrected chi connectivity index (χ4v) is 3.93. The minimum atomic E-state index is -0.448. The van der Waals surface area contributed by atoms with Gasteiger partial charge in [0.25, 0.3) is 5.56 Å². The Labute approximate surface area is 149 Å². The zero-order chi connectivity index (χ0) is 17.7. The molecule has 0 bridgehead atoms. The molecule has 2 atom stereocenters. The molecule has 0 saturated carbocycles. The SMILES string of the molecule is CC(C)[C@@H]1Nc2cc(F)cc3c(=O)[nH]nc(c23)[C@H]1c1ccccc1Cl. The van der Waals surface area contributed by atoms with E-state index in [1.54, 1.807) is 0 Å². The molecular formula is C19H17ClFN3O. The topological polar surface area (TPSA) is 57.8 Å². The van der Waals surface area contributed by atoms with Gasteiger partial charge in [-0.15, -0.1) is 0 Å². The first-order chi connectivity index (χ1) is 12.0. The van der Waals surface area contributed by atoms with Gasteiger partial charge in [-0.2, -0.15) is 5.10 Å². The van der Waals surface area contributed by atoms with Crippen LogP contribution in [-0.4, -0.2) is 16.2 Å². The summed E-state index contributed by atoms with van der Waals surface area (Å²) in [7, 11) is 0. The number of aromatic nitrogens is 2. The van der Waals surface area contributed by atoms with Crippen molar-refractivity contribution in [3.8, 4) is 0 Å². The van der Waals surface area contributed by atoms with Gasteiger partial charge < -0.3 is 5.32 Å². The van der Waals surface area contributed by atoms with Gasteiger partial charge in [0.15, 0.2) is 0 Å². The maximum Gasteiger partial charge on any atom is 0.272 e. The molecule has 2 heterocycles. The summed E-state index contributed by atoms with van der Waals surface area (Å²) in [6.07, 6.45) is 0. The molecule has 0 aliphatic carbocycles. The second-order valence-electron chi connectivity index (χ2n) is 6.73. The van der Waals surface area contributed by atoms with Crippen LogP contribution in [0, 0.1) is 11.7 Å². The number of benzene rings is 2. The molecule has 1 aliphatic rings. The molecule has 25 heavy (non-hydrogen) atoms. The lowest BCUT2D eigenvalue weighted by molar-refractivity contribution is 0.468. The Balaban J connectivity index is 2.07. The van der Waals surface area contributed by atoms with Crippen LogP contribution in [-0.2, 0) is 0 Å². The Morgan fingerprint density at radius 3 is 2.72 bits per heavy atom. The first-order valence-electron chi connectivity index (χ1n) is 8.20. The fourth-order valence-electron chi connectivity index (χ4n) is 3.68. The highest BCUT2D eigenvalue weighted by atomic mass is 35.5. The molecule has 4 nitrogen and oxygen atoms in total. The summed E-state index contributed by atoms with van der Waals surface area (Å²) in [6, 6.07) is 10.3. The summed E-state index contributed by atoms with van der Waals surface area (Å²) >= 11 is 6.46. The van der Waals surface area contributed by atoms with E-state index >= 15 is 0 Å². The van der Waals surface area contributed by atoms with E-state index in [0.29, 0.717) is 21.5 Å².